The van der Waals surface area contributed by atoms with Crippen molar-refractivity contribution in [2.75, 3.05) is 24.3 Å². The van der Waals surface area contributed by atoms with Crippen molar-refractivity contribution in [2.24, 2.45) is 0 Å². The SMILES string of the molecule is COc1ccc(NC(=O)CNc2ccc(-c3nnnn3C3CC3)cc2)cc1Cl. The quantitative estimate of drug-likeness (QED) is 0.633. The predicted molar refractivity (Wildman–Crippen MR) is 107 cm³/mol. The number of carbonyl (C=O) groups excluding carboxylic acids is 1. The first-order valence-electron chi connectivity index (χ1n) is 8.89. The lowest BCUT2D eigenvalue weighted by atomic mass is 10.2. The second-order valence-corrected chi connectivity index (χ2v) is 6.91. The number of hydrogen-bond donors (Lipinski definition) is 2. The Hall–Kier alpha value is -3.13. The highest BCUT2D eigenvalue weighted by Gasteiger charge is 2.28. The third-order valence-corrected chi connectivity index (χ3v) is 4.71. The number of ether oxygens (including phenoxy) is 1. The van der Waals surface area contributed by atoms with Crippen molar-refractivity contribution < 1.29 is 9.53 Å². The van der Waals surface area contributed by atoms with E-state index in [2.05, 4.69) is 26.2 Å². The normalized spacial score (nSPS) is 13.2. The molecule has 9 heteroatoms. The molecular weight excluding hydrogens is 380 g/mol. The Balaban J connectivity index is 1.34. The molecular formula is C19H19ClN6O2. The third-order valence-electron chi connectivity index (χ3n) is 4.42. The maximum absolute atomic E-state index is 12.2. The number of nitrogens with one attached hydrogen (secondary N) is 2. The van der Waals surface area contributed by atoms with Crippen molar-refractivity contribution in [1.82, 2.24) is 20.2 Å². The van der Waals surface area contributed by atoms with Crippen LogP contribution in [-0.4, -0.2) is 39.8 Å². The summed E-state index contributed by atoms with van der Waals surface area (Å²) < 4.78 is 6.97. The number of aromatic nitrogens is 4. The van der Waals surface area contributed by atoms with Gasteiger partial charge in [-0.15, -0.1) is 5.10 Å². The van der Waals surface area contributed by atoms with E-state index >= 15 is 0 Å². The molecule has 1 amide bonds. The summed E-state index contributed by atoms with van der Waals surface area (Å²) in [5.41, 5.74) is 2.39. The number of benzene rings is 2. The van der Waals surface area contributed by atoms with Gasteiger partial charge in [-0.25, -0.2) is 4.68 Å². The van der Waals surface area contributed by atoms with Crippen LogP contribution in [0.5, 0.6) is 5.75 Å². The van der Waals surface area contributed by atoms with Crippen molar-refractivity contribution in [1.29, 1.82) is 0 Å². The molecule has 1 aromatic heterocycles. The lowest BCUT2D eigenvalue weighted by Crippen LogP contribution is -2.21. The molecule has 1 saturated carbocycles. The van der Waals surface area contributed by atoms with Crippen LogP contribution in [0.2, 0.25) is 5.02 Å². The van der Waals surface area contributed by atoms with E-state index in [4.69, 9.17) is 16.3 Å². The average Bonchev–Trinajstić information content (AvgIpc) is 3.43. The van der Waals surface area contributed by atoms with E-state index in [0.717, 1.165) is 29.9 Å². The zero-order valence-electron chi connectivity index (χ0n) is 15.2. The summed E-state index contributed by atoms with van der Waals surface area (Å²) in [7, 11) is 1.54. The Morgan fingerprint density at radius 1 is 1.21 bits per heavy atom. The van der Waals surface area contributed by atoms with E-state index in [1.807, 2.05) is 28.9 Å². The van der Waals surface area contributed by atoms with E-state index in [1.165, 1.54) is 0 Å². The molecule has 8 nitrogen and oxygen atoms in total. The van der Waals surface area contributed by atoms with E-state index in [1.54, 1.807) is 25.3 Å². The molecule has 0 unspecified atom stereocenters. The molecule has 1 aliphatic rings. The Morgan fingerprint density at radius 3 is 2.64 bits per heavy atom. The number of tetrazole rings is 1. The molecule has 0 aliphatic heterocycles. The molecule has 1 fully saturated rings. The van der Waals surface area contributed by atoms with Gasteiger partial charge < -0.3 is 15.4 Å². The van der Waals surface area contributed by atoms with Crippen molar-refractivity contribution in [3.8, 4) is 17.1 Å². The third kappa shape index (κ3) is 4.07. The zero-order valence-corrected chi connectivity index (χ0v) is 16.0. The zero-order chi connectivity index (χ0) is 19.5. The van der Waals surface area contributed by atoms with Crippen LogP contribution in [0, 0.1) is 0 Å². The minimum absolute atomic E-state index is 0.128. The maximum Gasteiger partial charge on any atom is 0.243 e. The van der Waals surface area contributed by atoms with Gasteiger partial charge in [-0.1, -0.05) is 11.6 Å². The topological polar surface area (TPSA) is 94.0 Å². The van der Waals surface area contributed by atoms with Crippen LogP contribution in [0.4, 0.5) is 11.4 Å². The first-order valence-corrected chi connectivity index (χ1v) is 9.27. The molecule has 0 bridgehead atoms. The average molecular weight is 399 g/mol. The smallest absolute Gasteiger partial charge is 0.243 e. The summed E-state index contributed by atoms with van der Waals surface area (Å²) in [5, 5.41) is 18.3. The highest BCUT2D eigenvalue weighted by molar-refractivity contribution is 6.32. The molecule has 28 heavy (non-hydrogen) atoms. The lowest BCUT2D eigenvalue weighted by molar-refractivity contribution is -0.114. The summed E-state index contributed by atoms with van der Waals surface area (Å²) in [6.07, 6.45) is 2.23. The van der Waals surface area contributed by atoms with Crippen LogP contribution >= 0.6 is 11.6 Å². The van der Waals surface area contributed by atoms with E-state index in [0.29, 0.717) is 22.5 Å². The molecule has 2 N–H and O–H groups in total. The van der Waals surface area contributed by atoms with Crippen molar-refractivity contribution in [3.63, 3.8) is 0 Å². The van der Waals surface area contributed by atoms with Gasteiger partial charge in [-0.2, -0.15) is 0 Å². The summed E-state index contributed by atoms with van der Waals surface area (Å²) >= 11 is 6.07. The molecule has 1 heterocycles. The van der Waals surface area contributed by atoms with Crippen LogP contribution in [0.1, 0.15) is 18.9 Å². The molecule has 0 saturated heterocycles. The van der Waals surface area contributed by atoms with E-state index < -0.39 is 0 Å². The van der Waals surface area contributed by atoms with Crippen molar-refractivity contribution in [3.05, 3.63) is 47.5 Å². The Bertz CT molecular complexity index is 984. The van der Waals surface area contributed by atoms with Gasteiger partial charge in [0.25, 0.3) is 0 Å². The van der Waals surface area contributed by atoms with Crippen LogP contribution in [0.15, 0.2) is 42.5 Å². The Morgan fingerprint density at radius 2 is 1.96 bits per heavy atom. The van der Waals surface area contributed by atoms with Crippen molar-refractivity contribution >= 4 is 28.9 Å². The van der Waals surface area contributed by atoms with Gasteiger partial charge in [0.2, 0.25) is 5.91 Å². The second-order valence-electron chi connectivity index (χ2n) is 6.51. The van der Waals surface area contributed by atoms with E-state index in [-0.39, 0.29) is 12.5 Å². The number of halogens is 1. The number of anilines is 2. The molecule has 4 rings (SSSR count). The van der Waals surface area contributed by atoms with Gasteiger partial charge in [-0.05, 0) is 65.7 Å². The number of hydrogen-bond acceptors (Lipinski definition) is 6. The van der Waals surface area contributed by atoms with Crippen LogP contribution in [0.3, 0.4) is 0 Å². The molecule has 0 atom stereocenters. The van der Waals surface area contributed by atoms with Crippen LogP contribution in [-0.2, 0) is 4.79 Å². The summed E-state index contributed by atoms with van der Waals surface area (Å²) in [4.78, 5) is 12.2. The number of amides is 1. The predicted octanol–water partition coefficient (Wildman–Crippen LogP) is 3.39. The maximum atomic E-state index is 12.2. The lowest BCUT2D eigenvalue weighted by Gasteiger charge is -2.10. The largest absolute Gasteiger partial charge is 0.495 e. The Labute approximate surface area is 166 Å². The fraction of sp³-hybridized carbons (Fsp3) is 0.263. The number of rotatable bonds is 7. The van der Waals surface area contributed by atoms with Gasteiger partial charge in [0.1, 0.15) is 5.75 Å². The Kier molecular flexibility index (Phi) is 5.12. The fourth-order valence-electron chi connectivity index (χ4n) is 2.82. The monoisotopic (exact) mass is 398 g/mol. The van der Waals surface area contributed by atoms with Gasteiger partial charge >= 0.3 is 0 Å². The van der Waals surface area contributed by atoms with E-state index in [9.17, 15) is 4.79 Å². The molecule has 3 aromatic rings. The molecule has 1 aliphatic carbocycles. The highest BCUT2D eigenvalue weighted by Crippen LogP contribution is 2.36. The van der Waals surface area contributed by atoms with Gasteiger partial charge in [0.05, 0.1) is 24.7 Å². The van der Waals surface area contributed by atoms with Gasteiger partial charge in [0.15, 0.2) is 5.82 Å². The summed E-state index contributed by atoms with van der Waals surface area (Å²) in [5.74, 6) is 1.15. The highest BCUT2D eigenvalue weighted by atomic mass is 35.5. The molecule has 2 aromatic carbocycles. The van der Waals surface area contributed by atoms with Gasteiger partial charge in [0, 0.05) is 16.9 Å². The standard InChI is InChI=1S/C19H19ClN6O2/c1-28-17-9-6-14(10-16(17)20)22-18(27)11-21-13-4-2-12(3-5-13)19-23-24-25-26(19)15-7-8-15/h2-6,9-10,15,21H,7-8,11H2,1H3,(H,22,27). The molecule has 0 radical (unpaired) electrons. The molecule has 144 valence electrons. The second kappa shape index (κ2) is 7.85. The summed E-state index contributed by atoms with van der Waals surface area (Å²) in [6.45, 7) is 0.128. The minimum Gasteiger partial charge on any atom is -0.495 e. The minimum atomic E-state index is -0.178. The molecule has 0 spiro atoms. The van der Waals surface area contributed by atoms with Gasteiger partial charge in [-0.3, -0.25) is 4.79 Å². The van der Waals surface area contributed by atoms with Crippen LogP contribution in [0.25, 0.3) is 11.4 Å². The summed E-state index contributed by atoms with van der Waals surface area (Å²) in [6, 6.07) is 13.2. The number of nitrogens with zero attached hydrogens (tertiary/aromatic N) is 4. The van der Waals surface area contributed by atoms with Crippen LogP contribution < -0.4 is 15.4 Å². The first-order chi connectivity index (χ1) is 13.6. The van der Waals surface area contributed by atoms with Crippen molar-refractivity contribution in [2.45, 2.75) is 18.9 Å². The number of methoxy groups -OCH3 is 1. The number of carbonyl (C=O) groups is 1. The fourth-order valence-corrected chi connectivity index (χ4v) is 3.08. The first kappa shape index (κ1) is 18.2.